The molecular formula is C13H15N3O2S. The van der Waals surface area contributed by atoms with Gasteiger partial charge in [-0.05, 0) is 42.1 Å². The van der Waals surface area contributed by atoms with Crippen molar-refractivity contribution in [1.82, 2.24) is 14.9 Å². The van der Waals surface area contributed by atoms with Crippen LogP contribution in [0.1, 0.15) is 27.9 Å². The summed E-state index contributed by atoms with van der Waals surface area (Å²) in [6.45, 7) is 2.49. The highest BCUT2D eigenvalue weighted by Crippen LogP contribution is 2.11. The topological polar surface area (TPSA) is 75.1 Å². The van der Waals surface area contributed by atoms with Crippen molar-refractivity contribution in [1.29, 1.82) is 0 Å². The molecule has 0 aliphatic heterocycles. The van der Waals surface area contributed by atoms with Crippen molar-refractivity contribution in [2.45, 2.75) is 19.8 Å². The second-order valence-electron chi connectivity index (χ2n) is 4.07. The largest absolute Gasteiger partial charge is 0.508 e. The van der Waals surface area contributed by atoms with Gasteiger partial charge in [0.1, 0.15) is 10.6 Å². The van der Waals surface area contributed by atoms with Crippen molar-refractivity contribution in [2.75, 3.05) is 6.54 Å². The summed E-state index contributed by atoms with van der Waals surface area (Å²) in [6, 6.07) is 6.96. The number of phenols is 1. The van der Waals surface area contributed by atoms with Crippen LogP contribution in [0.5, 0.6) is 5.75 Å². The molecule has 0 fully saturated rings. The smallest absolute Gasteiger partial charge is 0.264 e. The molecule has 2 rings (SSSR count). The van der Waals surface area contributed by atoms with Crippen molar-refractivity contribution in [3.05, 3.63) is 40.4 Å². The number of hydrogen-bond donors (Lipinski definition) is 2. The molecule has 0 unspecified atom stereocenters. The van der Waals surface area contributed by atoms with Crippen molar-refractivity contribution in [3.8, 4) is 5.75 Å². The highest BCUT2D eigenvalue weighted by Gasteiger charge is 2.14. The minimum Gasteiger partial charge on any atom is -0.508 e. The number of carbonyl (C=O) groups is 1. The molecule has 2 aromatic rings. The van der Waals surface area contributed by atoms with Crippen LogP contribution in [0.25, 0.3) is 0 Å². The maximum Gasteiger partial charge on any atom is 0.264 e. The second-order valence-corrected chi connectivity index (χ2v) is 4.83. The summed E-state index contributed by atoms with van der Waals surface area (Å²) in [5.74, 6) is 0.127. The third-order valence-electron chi connectivity index (χ3n) is 2.73. The summed E-state index contributed by atoms with van der Waals surface area (Å²) in [5, 5.41) is 15.9. The first-order valence-electron chi connectivity index (χ1n) is 6.08. The molecule has 0 saturated heterocycles. The van der Waals surface area contributed by atoms with Crippen molar-refractivity contribution < 1.29 is 9.90 Å². The summed E-state index contributed by atoms with van der Waals surface area (Å²) < 4.78 is 3.79. The molecule has 0 radical (unpaired) electrons. The van der Waals surface area contributed by atoms with Gasteiger partial charge in [0.05, 0.1) is 5.69 Å². The molecule has 0 spiro atoms. The lowest BCUT2D eigenvalue weighted by atomic mass is 10.1. The van der Waals surface area contributed by atoms with Gasteiger partial charge in [0.25, 0.3) is 5.91 Å². The molecule has 0 atom stereocenters. The summed E-state index contributed by atoms with van der Waals surface area (Å²) in [4.78, 5) is 12.5. The van der Waals surface area contributed by atoms with Crippen molar-refractivity contribution in [2.24, 2.45) is 0 Å². The van der Waals surface area contributed by atoms with Gasteiger partial charge in [-0.2, -0.15) is 0 Å². The molecule has 2 N–H and O–H groups in total. The Morgan fingerprint density at radius 3 is 2.79 bits per heavy atom. The summed E-state index contributed by atoms with van der Waals surface area (Å²) >= 11 is 1.12. The Morgan fingerprint density at radius 2 is 2.11 bits per heavy atom. The van der Waals surface area contributed by atoms with Crippen LogP contribution in [0.3, 0.4) is 0 Å². The predicted molar refractivity (Wildman–Crippen MR) is 73.4 cm³/mol. The van der Waals surface area contributed by atoms with Gasteiger partial charge in [0.15, 0.2) is 0 Å². The monoisotopic (exact) mass is 277 g/mol. The van der Waals surface area contributed by atoms with E-state index in [0.29, 0.717) is 17.8 Å². The highest BCUT2D eigenvalue weighted by atomic mass is 32.1. The number of aromatic nitrogens is 2. The average molecular weight is 277 g/mol. The van der Waals surface area contributed by atoms with Gasteiger partial charge >= 0.3 is 0 Å². The number of nitrogens with one attached hydrogen (secondary N) is 1. The number of benzene rings is 1. The molecule has 1 aromatic carbocycles. The van der Waals surface area contributed by atoms with Gasteiger partial charge in [0, 0.05) is 6.54 Å². The van der Waals surface area contributed by atoms with Crippen molar-refractivity contribution >= 4 is 17.4 Å². The Hall–Kier alpha value is -1.95. The van der Waals surface area contributed by atoms with Gasteiger partial charge in [-0.3, -0.25) is 4.79 Å². The third-order valence-corrected chi connectivity index (χ3v) is 3.50. The van der Waals surface area contributed by atoms with Crippen molar-refractivity contribution in [3.63, 3.8) is 0 Å². The quantitative estimate of drug-likeness (QED) is 0.873. The van der Waals surface area contributed by atoms with Gasteiger partial charge in [0.2, 0.25) is 0 Å². The van der Waals surface area contributed by atoms with Gasteiger partial charge in [-0.25, -0.2) is 0 Å². The minimum absolute atomic E-state index is 0.120. The van der Waals surface area contributed by atoms with E-state index in [4.69, 9.17) is 0 Å². The summed E-state index contributed by atoms with van der Waals surface area (Å²) in [7, 11) is 0. The maximum absolute atomic E-state index is 11.9. The molecule has 6 heteroatoms. The lowest BCUT2D eigenvalue weighted by Crippen LogP contribution is -2.25. The molecule has 1 aromatic heterocycles. The van der Waals surface area contributed by atoms with Crippen LogP contribution in [-0.2, 0) is 12.8 Å². The zero-order valence-electron chi connectivity index (χ0n) is 10.6. The number of nitrogens with zero attached hydrogens (tertiary/aromatic N) is 2. The van der Waals surface area contributed by atoms with E-state index in [1.165, 1.54) is 0 Å². The molecule has 0 aliphatic carbocycles. The Labute approximate surface area is 115 Å². The molecule has 0 aliphatic rings. The number of hydrogen-bond acceptors (Lipinski definition) is 5. The number of aryl methyl sites for hydroxylation is 1. The number of amides is 1. The molecule has 100 valence electrons. The van der Waals surface area contributed by atoms with Crippen LogP contribution in [0, 0.1) is 0 Å². The predicted octanol–water partition coefficient (Wildman–Crippen LogP) is 1.78. The SMILES string of the molecule is CCc1nnsc1C(=O)NCCc1ccc(O)cc1. The Morgan fingerprint density at radius 1 is 1.37 bits per heavy atom. The van der Waals surface area contributed by atoms with E-state index in [0.717, 1.165) is 29.2 Å². The van der Waals surface area contributed by atoms with Crippen LogP contribution in [0.15, 0.2) is 24.3 Å². The second kappa shape index (κ2) is 6.29. The molecule has 0 bridgehead atoms. The standard InChI is InChI=1S/C13H15N3O2S/c1-2-11-12(19-16-15-11)13(18)14-8-7-9-3-5-10(17)6-4-9/h3-6,17H,2,7-8H2,1H3,(H,14,18). The Kier molecular flexibility index (Phi) is 4.46. The normalized spacial score (nSPS) is 10.4. The van der Waals surface area contributed by atoms with E-state index >= 15 is 0 Å². The molecule has 5 nitrogen and oxygen atoms in total. The maximum atomic E-state index is 11.9. The van der Waals surface area contributed by atoms with E-state index in [-0.39, 0.29) is 11.7 Å². The van der Waals surface area contributed by atoms with E-state index < -0.39 is 0 Å². The summed E-state index contributed by atoms with van der Waals surface area (Å²) in [6.07, 6.45) is 1.43. The fourth-order valence-electron chi connectivity index (χ4n) is 1.68. The first-order chi connectivity index (χ1) is 9.20. The van der Waals surface area contributed by atoms with Crippen LogP contribution in [0.2, 0.25) is 0 Å². The number of aromatic hydroxyl groups is 1. The molecule has 19 heavy (non-hydrogen) atoms. The van der Waals surface area contributed by atoms with E-state index in [1.807, 2.05) is 19.1 Å². The van der Waals surface area contributed by atoms with Gasteiger partial charge in [-0.1, -0.05) is 23.5 Å². The summed E-state index contributed by atoms with van der Waals surface area (Å²) in [5.41, 5.74) is 1.81. The fourth-order valence-corrected chi connectivity index (χ4v) is 2.34. The average Bonchev–Trinajstić information content (AvgIpc) is 2.89. The van der Waals surface area contributed by atoms with Crippen LogP contribution in [0.4, 0.5) is 0 Å². The number of phenolic OH excluding ortho intramolecular Hbond substituents is 1. The number of carbonyl (C=O) groups excluding carboxylic acids is 1. The van der Waals surface area contributed by atoms with E-state index in [1.54, 1.807) is 12.1 Å². The minimum atomic E-state index is -0.120. The third kappa shape index (κ3) is 3.51. The first-order valence-corrected chi connectivity index (χ1v) is 6.85. The lowest BCUT2D eigenvalue weighted by molar-refractivity contribution is 0.0957. The molecule has 0 saturated carbocycles. The van der Waals surface area contributed by atoms with Crippen LogP contribution >= 0.6 is 11.5 Å². The lowest BCUT2D eigenvalue weighted by Gasteiger charge is -2.04. The molecule has 1 amide bonds. The van der Waals surface area contributed by atoms with E-state index in [2.05, 4.69) is 14.9 Å². The first kappa shape index (κ1) is 13.5. The molecular weight excluding hydrogens is 262 g/mol. The Bertz CT molecular complexity index is 551. The van der Waals surface area contributed by atoms with Gasteiger partial charge in [-0.15, -0.1) is 5.10 Å². The molecule has 1 heterocycles. The zero-order valence-corrected chi connectivity index (χ0v) is 11.4. The Balaban J connectivity index is 1.86. The number of rotatable bonds is 5. The highest BCUT2D eigenvalue weighted by molar-refractivity contribution is 7.08. The van der Waals surface area contributed by atoms with Gasteiger partial charge < -0.3 is 10.4 Å². The fraction of sp³-hybridized carbons (Fsp3) is 0.308. The van der Waals surface area contributed by atoms with E-state index in [9.17, 15) is 9.90 Å². The van der Waals surface area contributed by atoms with Crippen LogP contribution in [-0.4, -0.2) is 27.1 Å². The van der Waals surface area contributed by atoms with Crippen LogP contribution < -0.4 is 5.32 Å². The zero-order chi connectivity index (χ0) is 13.7.